The summed E-state index contributed by atoms with van der Waals surface area (Å²) in [5.41, 5.74) is 1.25. The van der Waals surface area contributed by atoms with Gasteiger partial charge in [0.05, 0.1) is 15.6 Å². The third-order valence-electron chi connectivity index (χ3n) is 3.78. The van der Waals surface area contributed by atoms with Gasteiger partial charge in [0.25, 0.3) is 5.91 Å². The minimum Gasteiger partial charge on any atom is -0.335 e. The fourth-order valence-corrected chi connectivity index (χ4v) is 5.05. The molecule has 1 amide bonds. The Labute approximate surface area is 157 Å². The second-order valence-corrected chi connectivity index (χ2v) is 8.32. The molecular weight excluding hydrogens is 356 g/mol. The molecule has 0 atom stereocenters. The average molecular weight is 377 g/mol. The van der Waals surface area contributed by atoms with Gasteiger partial charge in [-0.3, -0.25) is 9.69 Å². The Balaban J connectivity index is 1.84. The Hall–Kier alpha value is -1.24. The van der Waals surface area contributed by atoms with E-state index in [1.807, 2.05) is 6.08 Å². The van der Waals surface area contributed by atoms with Crippen LogP contribution < -0.4 is 4.90 Å². The first kappa shape index (κ1) is 17.6. The summed E-state index contributed by atoms with van der Waals surface area (Å²) in [6, 6.07) is 8.43. The number of hydrogen-bond acceptors (Lipinski definition) is 5. The summed E-state index contributed by atoms with van der Waals surface area (Å²) in [4.78, 5) is 18.4. The number of nitrogens with zero attached hydrogens (tertiary/aromatic N) is 2. The maximum atomic E-state index is 12.4. The van der Waals surface area contributed by atoms with Gasteiger partial charge >= 0.3 is 0 Å². The van der Waals surface area contributed by atoms with Crippen LogP contribution in [0, 0.1) is 0 Å². The summed E-state index contributed by atoms with van der Waals surface area (Å²) in [6.45, 7) is 5.90. The largest absolute Gasteiger partial charge is 0.335 e. The van der Waals surface area contributed by atoms with Crippen LogP contribution in [0.15, 0.2) is 51.2 Å². The first-order chi connectivity index (χ1) is 11.7. The second kappa shape index (κ2) is 7.76. The van der Waals surface area contributed by atoms with Crippen molar-refractivity contribution in [1.29, 1.82) is 0 Å². The highest BCUT2D eigenvalue weighted by Gasteiger charge is 2.31. The predicted octanol–water partition coefficient (Wildman–Crippen LogP) is 5.00. The third kappa shape index (κ3) is 3.41. The van der Waals surface area contributed by atoms with Crippen molar-refractivity contribution < 1.29 is 4.79 Å². The number of para-hydroxylation sites is 1. The maximum absolute atomic E-state index is 12.4. The molecule has 2 heterocycles. The van der Waals surface area contributed by atoms with Gasteiger partial charge in [0.1, 0.15) is 4.32 Å². The SMILES string of the molecule is CCCN1C(=O)/C(=C/C=C2/Sc3ccccc3N2CCC)SC1=S. The minimum atomic E-state index is 0.0336. The Kier molecular flexibility index (Phi) is 5.69. The van der Waals surface area contributed by atoms with E-state index in [-0.39, 0.29) is 5.91 Å². The van der Waals surface area contributed by atoms with E-state index < -0.39 is 0 Å². The van der Waals surface area contributed by atoms with Crippen LogP contribution in [0.4, 0.5) is 5.69 Å². The molecule has 2 aliphatic rings. The molecule has 1 aromatic carbocycles. The highest BCUT2D eigenvalue weighted by Crippen LogP contribution is 2.46. The average Bonchev–Trinajstić information content (AvgIpc) is 3.06. The first-order valence-corrected chi connectivity index (χ1v) is 10.2. The molecule has 6 heteroatoms. The maximum Gasteiger partial charge on any atom is 0.266 e. The number of hydrogen-bond donors (Lipinski definition) is 0. The number of rotatable bonds is 5. The summed E-state index contributed by atoms with van der Waals surface area (Å²) in [7, 11) is 0. The number of thiocarbonyl (C=S) groups is 1. The van der Waals surface area contributed by atoms with Gasteiger partial charge in [0.15, 0.2) is 0 Å². The smallest absolute Gasteiger partial charge is 0.266 e. The molecule has 0 saturated carbocycles. The van der Waals surface area contributed by atoms with Gasteiger partial charge in [0, 0.05) is 18.0 Å². The lowest BCUT2D eigenvalue weighted by Gasteiger charge is -2.19. The fraction of sp³-hybridized carbons (Fsp3) is 0.333. The lowest BCUT2D eigenvalue weighted by Crippen LogP contribution is -2.28. The molecule has 1 fully saturated rings. The van der Waals surface area contributed by atoms with Gasteiger partial charge in [-0.05, 0) is 37.1 Å². The molecule has 0 aliphatic carbocycles. The molecule has 0 spiro atoms. The zero-order valence-electron chi connectivity index (χ0n) is 13.8. The molecule has 1 aromatic rings. The number of benzene rings is 1. The van der Waals surface area contributed by atoms with Gasteiger partial charge in [-0.25, -0.2) is 0 Å². The van der Waals surface area contributed by atoms with Crippen molar-refractivity contribution in [3.8, 4) is 0 Å². The number of carbonyl (C=O) groups excluding carboxylic acids is 1. The van der Waals surface area contributed by atoms with Gasteiger partial charge in [-0.15, -0.1) is 0 Å². The number of thioether (sulfide) groups is 2. The number of fused-ring (bicyclic) bond motifs is 1. The van der Waals surface area contributed by atoms with E-state index in [4.69, 9.17) is 12.2 Å². The Bertz CT molecular complexity index is 727. The van der Waals surface area contributed by atoms with Crippen molar-refractivity contribution in [3.05, 3.63) is 46.4 Å². The Morgan fingerprint density at radius 1 is 1.04 bits per heavy atom. The summed E-state index contributed by atoms with van der Waals surface area (Å²) in [6.07, 6.45) is 5.96. The van der Waals surface area contributed by atoms with Crippen LogP contribution >= 0.6 is 35.7 Å². The van der Waals surface area contributed by atoms with E-state index in [9.17, 15) is 4.79 Å². The highest BCUT2D eigenvalue weighted by molar-refractivity contribution is 8.26. The molecule has 0 unspecified atom stereocenters. The summed E-state index contributed by atoms with van der Waals surface area (Å²) in [5.74, 6) is 0.0336. The molecule has 2 aliphatic heterocycles. The molecular formula is C18H20N2OS3. The normalized spacial score (nSPS) is 20.6. The summed E-state index contributed by atoms with van der Waals surface area (Å²) < 4.78 is 0.666. The van der Waals surface area contributed by atoms with Crippen molar-refractivity contribution in [2.75, 3.05) is 18.0 Å². The molecule has 0 bridgehead atoms. The van der Waals surface area contributed by atoms with Gasteiger partial charge in [-0.1, -0.05) is 61.7 Å². The zero-order valence-corrected chi connectivity index (χ0v) is 16.3. The number of amides is 1. The van der Waals surface area contributed by atoms with Crippen LogP contribution in [0.5, 0.6) is 0 Å². The number of allylic oxidation sites excluding steroid dienone is 2. The van der Waals surface area contributed by atoms with Crippen molar-refractivity contribution in [1.82, 2.24) is 4.90 Å². The van der Waals surface area contributed by atoms with Gasteiger partial charge in [0.2, 0.25) is 0 Å². The third-order valence-corrected chi connectivity index (χ3v) is 6.31. The highest BCUT2D eigenvalue weighted by atomic mass is 32.2. The molecule has 0 aromatic heterocycles. The second-order valence-electron chi connectivity index (χ2n) is 5.58. The topological polar surface area (TPSA) is 23.6 Å². The van der Waals surface area contributed by atoms with E-state index >= 15 is 0 Å². The first-order valence-electron chi connectivity index (χ1n) is 8.15. The van der Waals surface area contributed by atoms with E-state index in [0.29, 0.717) is 15.8 Å². The lowest BCUT2D eigenvalue weighted by molar-refractivity contribution is -0.122. The van der Waals surface area contributed by atoms with E-state index in [0.717, 1.165) is 19.4 Å². The molecule has 3 nitrogen and oxygen atoms in total. The van der Waals surface area contributed by atoms with Crippen LogP contribution in [0.25, 0.3) is 0 Å². The standard InChI is InChI=1S/C18H20N2OS3/c1-3-11-19-13-7-5-6-8-14(13)23-16(19)10-9-15-17(21)20(12-4-2)18(22)24-15/h5-10H,3-4,11-12H2,1-2H3/b15-9-,16-10+. The number of carbonyl (C=O) groups is 1. The Morgan fingerprint density at radius 2 is 1.75 bits per heavy atom. The monoisotopic (exact) mass is 376 g/mol. The summed E-state index contributed by atoms with van der Waals surface area (Å²) in [5, 5.41) is 1.17. The molecule has 1 saturated heterocycles. The lowest BCUT2D eigenvalue weighted by atomic mass is 10.3. The molecule has 24 heavy (non-hydrogen) atoms. The molecule has 126 valence electrons. The van der Waals surface area contributed by atoms with Gasteiger partial charge in [-0.2, -0.15) is 0 Å². The van der Waals surface area contributed by atoms with Gasteiger partial charge < -0.3 is 4.90 Å². The predicted molar refractivity (Wildman–Crippen MR) is 108 cm³/mol. The quantitative estimate of drug-likeness (QED) is 0.531. The van der Waals surface area contributed by atoms with Crippen LogP contribution in [0.3, 0.4) is 0 Å². The van der Waals surface area contributed by atoms with Crippen LogP contribution in [0.2, 0.25) is 0 Å². The molecule has 0 N–H and O–H groups in total. The van der Waals surface area contributed by atoms with Crippen molar-refractivity contribution >= 4 is 51.7 Å². The number of anilines is 1. The van der Waals surface area contributed by atoms with Crippen LogP contribution in [-0.2, 0) is 4.79 Å². The van der Waals surface area contributed by atoms with Crippen molar-refractivity contribution in [2.24, 2.45) is 0 Å². The van der Waals surface area contributed by atoms with Crippen LogP contribution in [-0.4, -0.2) is 28.2 Å². The summed E-state index contributed by atoms with van der Waals surface area (Å²) >= 11 is 8.48. The molecule has 0 radical (unpaired) electrons. The van der Waals surface area contributed by atoms with E-state index in [1.165, 1.54) is 27.4 Å². The van der Waals surface area contributed by atoms with Crippen molar-refractivity contribution in [2.45, 2.75) is 31.6 Å². The van der Waals surface area contributed by atoms with Crippen LogP contribution in [0.1, 0.15) is 26.7 Å². The minimum absolute atomic E-state index is 0.0336. The zero-order chi connectivity index (χ0) is 17.1. The molecule has 3 rings (SSSR count). The fourth-order valence-electron chi connectivity index (χ4n) is 2.71. The van der Waals surface area contributed by atoms with E-state index in [1.54, 1.807) is 16.7 Å². The van der Waals surface area contributed by atoms with Crippen molar-refractivity contribution in [3.63, 3.8) is 0 Å². The Morgan fingerprint density at radius 3 is 2.50 bits per heavy atom. The van der Waals surface area contributed by atoms with E-state index in [2.05, 4.69) is 49.1 Å².